The zero-order chi connectivity index (χ0) is 28.5. The van der Waals surface area contributed by atoms with Gasteiger partial charge in [-0.25, -0.2) is 4.98 Å². The lowest BCUT2D eigenvalue weighted by atomic mass is 9.51. The maximum atomic E-state index is 14.2. The summed E-state index contributed by atoms with van der Waals surface area (Å²) in [6, 6.07) is 11.2. The molecular weight excluding hydrogens is 508 g/mol. The van der Waals surface area contributed by atoms with Gasteiger partial charge in [0.1, 0.15) is 11.6 Å². The number of amides is 1. The highest BCUT2D eigenvalue weighted by Gasteiger charge is 2.50. The van der Waals surface area contributed by atoms with E-state index in [1.54, 1.807) is 13.3 Å². The van der Waals surface area contributed by atoms with Crippen LogP contribution in [0.4, 0.5) is 5.82 Å². The number of pyridine rings is 1. The molecule has 0 spiro atoms. The Morgan fingerprint density at radius 3 is 2.41 bits per heavy atom. The number of hydrogen-bond acceptors (Lipinski definition) is 5. The number of fused-ring (bicyclic) bond motifs is 3. The molecule has 0 saturated heterocycles. The molecule has 1 aromatic heterocycles. The summed E-state index contributed by atoms with van der Waals surface area (Å²) in [6.45, 7) is 2.90. The topological polar surface area (TPSA) is 80.8 Å². The molecule has 0 radical (unpaired) electrons. The second kappa shape index (κ2) is 11.6. The van der Waals surface area contributed by atoms with E-state index >= 15 is 0 Å². The summed E-state index contributed by atoms with van der Waals surface area (Å²) >= 11 is 0. The van der Waals surface area contributed by atoms with Crippen molar-refractivity contribution in [3.05, 3.63) is 59.4 Å². The van der Waals surface area contributed by atoms with Gasteiger partial charge in [0, 0.05) is 36.6 Å². The van der Waals surface area contributed by atoms with Gasteiger partial charge in [0.05, 0.1) is 13.2 Å². The molecule has 0 unspecified atom stereocenters. The molecule has 2 aromatic rings. The van der Waals surface area contributed by atoms with E-state index in [-0.39, 0.29) is 22.7 Å². The van der Waals surface area contributed by atoms with Crippen molar-refractivity contribution in [2.45, 2.75) is 102 Å². The van der Waals surface area contributed by atoms with Crippen LogP contribution in [0.2, 0.25) is 0 Å². The third kappa shape index (κ3) is 5.80. The quantitative estimate of drug-likeness (QED) is 0.334. The van der Waals surface area contributed by atoms with E-state index in [1.807, 2.05) is 18.5 Å². The first kappa shape index (κ1) is 28.0. The standard InChI is InChI=1S/C35H46N4O2/c1-25-20-29(8-11-31(25)41-2)35-16-13-34(14-17-35,15-18-35)24-39(33(40)26-6-4-3-5-7-26)32-21-27(12-19-37-32)28(22-36)23-38-30-9-10-30/h8,11-12,19-23,26,30H,3-7,9-10,13-18,24,36H2,1-2H3. The van der Waals surface area contributed by atoms with E-state index < -0.39 is 0 Å². The number of rotatable bonds is 9. The molecule has 0 aliphatic heterocycles. The van der Waals surface area contributed by atoms with Gasteiger partial charge in [-0.2, -0.15) is 0 Å². The minimum atomic E-state index is 0.0973. The van der Waals surface area contributed by atoms with E-state index in [4.69, 9.17) is 15.5 Å². The average Bonchev–Trinajstić information content (AvgIpc) is 3.86. The number of hydrogen-bond donors (Lipinski definition) is 1. The fourth-order valence-corrected chi connectivity index (χ4v) is 7.69. The third-order valence-electron chi connectivity index (χ3n) is 10.6. The molecule has 7 rings (SSSR count). The van der Waals surface area contributed by atoms with Gasteiger partial charge < -0.3 is 10.5 Å². The Balaban J connectivity index is 1.25. The fourth-order valence-electron chi connectivity index (χ4n) is 7.69. The molecule has 5 aliphatic carbocycles. The summed E-state index contributed by atoms with van der Waals surface area (Å²) < 4.78 is 5.53. The van der Waals surface area contributed by atoms with E-state index in [9.17, 15) is 4.79 Å². The molecule has 0 atom stereocenters. The van der Waals surface area contributed by atoms with E-state index in [0.717, 1.165) is 87.0 Å². The van der Waals surface area contributed by atoms with E-state index in [0.29, 0.717) is 6.04 Å². The number of anilines is 1. The van der Waals surface area contributed by atoms with Crippen LogP contribution in [-0.2, 0) is 10.2 Å². The van der Waals surface area contributed by atoms with Crippen molar-refractivity contribution < 1.29 is 9.53 Å². The predicted molar refractivity (Wildman–Crippen MR) is 166 cm³/mol. The zero-order valence-electron chi connectivity index (χ0n) is 24.9. The number of benzene rings is 1. The number of ether oxygens (including phenoxy) is 1. The Morgan fingerprint density at radius 2 is 1.78 bits per heavy atom. The molecule has 1 heterocycles. The van der Waals surface area contributed by atoms with Crippen LogP contribution in [0.3, 0.4) is 0 Å². The van der Waals surface area contributed by atoms with Crippen LogP contribution >= 0.6 is 0 Å². The smallest absolute Gasteiger partial charge is 0.231 e. The van der Waals surface area contributed by atoms with Crippen LogP contribution in [0.5, 0.6) is 5.75 Å². The molecule has 1 amide bonds. The van der Waals surface area contributed by atoms with Gasteiger partial charge in [-0.15, -0.1) is 0 Å². The lowest BCUT2D eigenvalue weighted by Crippen LogP contribution is -2.51. The predicted octanol–water partition coefficient (Wildman–Crippen LogP) is 7.14. The molecular formula is C35H46N4O2. The number of carbonyl (C=O) groups is 1. The summed E-state index contributed by atoms with van der Waals surface area (Å²) in [4.78, 5) is 25.7. The largest absolute Gasteiger partial charge is 0.496 e. The zero-order valence-corrected chi connectivity index (χ0v) is 24.9. The molecule has 218 valence electrons. The molecule has 41 heavy (non-hydrogen) atoms. The average molecular weight is 555 g/mol. The van der Waals surface area contributed by atoms with Crippen LogP contribution < -0.4 is 15.4 Å². The molecule has 2 N–H and O–H groups in total. The molecule has 6 nitrogen and oxygen atoms in total. The maximum absolute atomic E-state index is 14.2. The Morgan fingerprint density at radius 1 is 1.05 bits per heavy atom. The van der Waals surface area contributed by atoms with Crippen molar-refractivity contribution in [3.8, 4) is 5.75 Å². The summed E-state index contributed by atoms with van der Waals surface area (Å²) in [6.07, 6.45) is 20.1. The monoisotopic (exact) mass is 554 g/mol. The summed E-state index contributed by atoms with van der Waals surface area (Å²) in [5.74, 6) is 2.09. The number of nitrogens with two attached hydrogens (primary N) is 1. The van der Waals surface area contributed by atoms with Crippen molar-refractivity contribution in [3.63, 3.8) is 0 Å². The summed E-state index contributed by atoms with van der Waals surface area (Å²) in [5.41, 5.74) is 11.0. The minimum Gasteiger partial charge on any atom is -0.496 e. The number of allylic oxidation sites excluding steroid dienone is 1. The summed E-state index contributed by atoms with van der Waals surface area (Å²) in [7, 11) is 1.75. The number of nitrogens with zero attached hydrogens (tertiary/aromatic N) is 3. The van der Waals surface area contributed by atoms with Crippen LogP contribution in [0.25, 0.3) is 5.57 Å². The van der Waals surface area contributed by atoms with E-state index in [1.165, 1.54) is 36.8 Å². The van der Waals surface area contributed by atoms with Crippen LogP contribution in [0, 0.1) is 18.3 Å². The summed E-state index contributed by atoms with van der Waals surface area (Å²) in [5, 5.41) is 0. The Hall–Kier alpha value is -3.15. The molecule has 5 fully saturated rings. The molecule has 5 aliphatic rings. The lowest BCUT2D eigenvalue weighted by Gasteiger charge is -2.55. The van der Waals surface area contributed by atoms with Crippen molar-refractivity contribution in [2.75, 3.05) is 18.6 Å². The lowest BCUT2D eigenvalue weighted by molar-refractivity contribution is -0.124. The van der Waals surface area contributed by atoms with Crippen molar-refractivity contribution in [2.24, 2.45) is 22.1 Å². The van der Waals surface area contributed by atoms with Gasteiger partial charge >= 0.3 is 0 Å². The van der Waals surface area contributed by atoms with Gasteiger partial charge in [0.25, 0.3) is 0 Å². The second-order valence-electron chi connectivity index (χ2n) is 13.3. The number of aliphatic imine (C=N–C) groups is 1. The highest BCUT2D eigenvalue weighted by atomic mass is 16.5. The number of aryl methyl sites for hydroxylation is 1. The first-order valence-corrected chi connectivity index (χ1v) is 15.8. The molecule has 5 saturated carbocycles. The first-order chi connectivity index (χ1) is 19.9. The highest BCUT2D eigenvalue weighted by molar-refractivity contribution is 6.10. The molecule has 6 heteroatoms. The van der Waals surface area contributed by atoms with Crippen molar-refractivity contribution in [1.29, 1.82) is 0 Å². The van der Waals surface area contributed by atoms with Crippen molar-refractivity contribution >= 4 is 23.5 Å². The van der Waals surface area contributed by atoms with E-state index in [2.05, 4.69) is 41.1 Å². The number of carbonyl (C=O) groups excluding carboxylic acids is 1. The second-order valence-corrected chi connectivity index (χ2v) is 13.3. The number of methoxy groups -OCH3 is 1. The van der Waals surface area contributed by atoms with Crippen LogP contribution in [0.1, 0.15) is 100 Å². The van der Waals surface area contributed by atoms with Gasteiger partial charge in [-0.1, -0.05) is 31.4 Å². The van der Waals surface area contributed by atoms with Gasteiger partial charge in [0.2, 0.25) is 5.91 Å². The minimum absolute atomic E-state index is 0.0973. The van der Waals surface area contributed by atoms with Gasteiger partial charge in [0.15, 0.2) is 0 Å². The SMILES string of the molecule is COc1ccc(C23CCC(CN(C(=O)C4CCCCC4)c4cc(C(C=NC5CC5)=CN)ccn4)(CC2)CC3)cc1C. The Labute approximate surface area is 245 Å². The normalized spacial score (nSPS) is 26.8. The van der Waals surface area contributed by atoms with Gasteiger partial charge in [-0.05, 0) is 117 Å². The molecule has 2 bridgehead atoms. The molecule has 1 aromatic carbocycles. The van der Waals surface area contributed by atoms with Crippen LogP contribution in [0.15, 0.2) is 47.7 Å². The van der Waals surface area contributed by atoms with Gasteiger partial charge in [-0.3, -0.25) is 14.7 Å². The van der Waals surface area contributed by atoms with Crippen LogP contribution in [-0.4, -0.2) is 36.8 Å². The number of aromatic nitrogens is 1. The fraction of sp³-hybridized carbons (Fsp3) is 0.571. The van der Waals surface area contributed by atoms with Crippen molar-refractivity contribution in [1.82, 2.24) is 4.98 Å². The Kier molecular flexibility index (Phi) is 7.93. The third-order valence-corrected chi connectivity index (χ3v) is 10.6. The highest BCUT2D eigenvalue weighted by Crippen LogP contribution is 2.58. The first-order valence-electron chi connectivity index (χ1n) is 15.8. The Bertz CT molecular complexity index is 1300. The maximum Gasteiger partial charge on any atom is 0.231 e.